The fourth-order valence-corrected chi connectivity index (χ4v) is 3.14. The van der Waals surface area contributed by atoms with Crippen LogP contribution in [0, 0.1) is 25.2 Å². The maximum Gasteiger partial charge on any atom is 0.195 e. The summed E-state index contributed by atoms with van der Waals surface area (Å²) in [6.45, 7) is 4.00. The molecular formula is C18H17NOS. The van der Waals surface area contributed by atoms with Gasteiger partial charge >= 0.3 is 0 Å². The first-order chi connectivity index (χ1) is 10.1. The Hall–Kier alpha value is -2.05. The number of nitrogens with zero attached hydrogens (tertiary/aromatic N) is 1. The Labute approximate surface area is 129 Å². The number of hydrogen-bond donors (Lipinski definition) is 0. The molecule has 0 bridgehead atoms. The summed E-state index contributed by atoms with van der Waals surface area (Å²) < 4.78 is 0. The van der Waals surface area contributed by atoms with E-state index in [2.05, 4.69) is 6.07 Å². The zero-order chi connectivity index (χ0) is 15.2. The topological polar surface area (TPSA) is 40.9 Å². The molecule has 0 saturated heterocycles. The van der Waals surface area contributed by atoms with E-state index in [1.54, 1.807) is 0 Å². The Kier molecular flexibility index (Phi) is 5.19. The van der Waals surface area contributed by atoms with Crippen LogP contribution in [0.3, 0.4) is 0 Å². The molecule has 0 fully saturated rings. The second-order valence-electron chi connectivity index (χ2n) is 4.99. The highest BCUT2D eigenvalue weighted by atomic mass is 32.2. The van der Waals surface area contributed by atoms with Crippen molar-refractivity contribution in [2.45, 2.75) is 31.1 Å². The molecular weight excluding hydrogens is 278 g/mol. The predicted octanol–water partition coefficient (Wildman–Crippen LogP) is 4.62. The number of carbonyl (C=O) groups excluding carboxylic acids is 1. The maximum atomic E-state index is 12.3. The van der Waals surface area contributed by atoms with Gasteiger partial charge in [0.05, 0.1) is 12.0 Å². The highest BCUT2D eigenvalue weighted by Gasteiger charge is 2.17. The van der Waals surface area contributed by atoms with Crippen LogP contribution in [0.15, 0.2) is 53.4 Å². The first kappa shape index (κ1) is 15.3. The third kappa shape index (κ3) is 3.96. The van der Waals surface area contributed by atoms with Gasteiger partial charge in [0.1, 0.15) is 0 Å². The molecule has 106 valence electrons. The first-order valence-electron chi connectivity index (χ1n) is 6.83. The number of thioether (sulfide) groups is 1. The quantitative estimate of drug-likeness (QED) is 0.773. The zero-order valence-electron chi connectivity index (χ0n) is 12.2. The molecule has 0 radical (unpaired) electrons. The molecule has 0 spiro atoms. The molecule has 0 heterocycles. The van der Waals surface area contributed by atoms with Gasteiger partial charge in [0.25, 0.3) is 0 Å². The number of rotatable bonds is 4. The van der Waals surface area contributed by atoms with Crippen LogP contribution in [0.2, 0.25) is 0 Å². The van der Waals surface area contributed by atoms with Gasteiger partial charge in [-0.3, -0.25) is 4.79 Å². The lowest BCUT2D eigenvalue weighted by Gasteiger charge is -2.11. The summed E-state index contributed by atoms with van der Waals surface area (Å²) in [5.41, 5.74) is 3.10. The van der Waals surface area contributed by atoms with Gasteiger partial charge in [-0.05, 0) is 30.5 Å². The third-order valence-electron chi connectivity index (χ3n) is 3.35. The summed E-state index contributed by atoms with van der Waals surface area (Å²) in [6, 6.07) is 17.7. The molecule has 0 aliphatic carbocycles. The fourth-order valence-electron chi connectivity index (χ4n) is 2.21. The van der Waals surface area contributed by atoms with E-state index in [1.807, 2.05) is 62.4 Å². The average Bonchev–Trinajstić information content (AvgIpc) is 2.49. The molecule has 0 saturated carbocycles. The molecule has 3 heteroatoms. The monoisotopic (exact) mass is 295 g/mol. The summed E-state index contributed by atoms with van der Waals surface area (Å²) in [5.74, 6) is -0.379. The molecule has 2 aromatic rings. The Balaban J connectivity index is 2.10. The number of aryl methyl sites for hydroxylation is 2. The van der Waals surface area contributed by atoms with Crippen LogP contribution in [0.1, 0.15) is 29.0 Å². The van der Waals surface area contributed by atoms with Crippen LogP contribution < -0.4 is 0 Å². The van der Waals surface area contributed by atoms with Crippen molar-refractivity contribution in [1.29, 1.82) is 5.26 Å². The van der Waals surface area contributed by atoms with E-state index in [9.17, 15) is 10.1 Å². The Morgan fingerprint density at radius 3 is 2.29 bits per heavy atom. The first-order valence-corrected chi connectivity index (χ1v) is 7.65. The molecule has 21 heavy (non-hydrogen) atoms. The van der Waals surface area contributed by atoms with E-state index >= 15 is 0 Å². The molecule has 0 aromatic heterocycles. The van der Waals surface area contributed by atoms with Gasteiger partial charge in [-0.2, -0.15) is 5.26 Å². The minimum absolute atomic E-state index is 0.0304. The van der Waals surface area contributed by atoms with Gasteiger partial charge in [0, 0.05) is 11.3 Å². The fraction of sp³-hybridized carbons (Fsp3) is 0.222. The Morgan fingerprint density at radius 1 is 1.10 bits per heavy atom. The molecule has 2 rings (SSSR count). The highest BCUT2D eigenvalue weighted by Crippen LogP contribution is 2.30. The van der Waals surface area contributed by atoms with Crippen molar-refractivity contribution in [1.82, 2.24) is 0 Å². The van der Waals surface area contributed by atoms with Crippen LogP contribution in [-0.4, -0.2) is 5.12 Å². The summed E-state index contributed by atoms with van der Waals surface area (Å²) in [7, 11) is 0. The predicted molar refractivity (Wildman–Crippen MR) is 86.2 cm³/mol. The van der Waals surface area contributed by atoms with Crippen molar-refractivity contribution >= 4 is 16.9 Å². The largest absolute Gasteiger partial charge is 0.287 e. The van der Waals surface area contributed by atoms with Crippen molar-refractivity contribution in [2.75, 3.05) is 0 Å². The number of benzene rings is 2. The summed E-state index contributed by atoms with van der Waals surface area (Å²) in [5, 5.41) is 9.32. The van der Waals surface area contributed by atoms with Crippen molar-refractivity contribution in [3.05, 3.63) is 65.2 Å². The summed E-state index contributed by atoms with van der Waals surface area (Å²) in [6.07, 6.45) is 0.235. The standard InChI is InChI=1S/C18H17NOS/c1-13-7-6-8-14(2)18(13)21-17(20)11-16(12-19)15-9-4-3-5-10-15/h3-10,16H,11H2,1-2H3/t16-/m0/s1. The van der Waals surface area contributed by atoms with E-state index in [-0.39, 0.29) is 17.5 Å². The summed E-state index contributed by atoms with van der Waals surface area (Å²) >= 11 is 1.25. The van der Waals surface area contributed by atoms with Gasteiger partial charge in [0.15, 0.2) is 5.12 Å². The molecule has 0 unspecified atom stereocenters. The molecule has 0 N–H and O–H groups in total. The van der Waals surface area contributed by atoms with Crippen molar-refractivity contribution in [3.63, 3.8) is 0 Å². The second-order valence-corrected chi connectivity index (χ2v) is 6.06. The van der Waals surface area contributed by atoms with Crippen molar-refractivity contribution < 1.29 is 4.79 Å². The second kappa shape index (κ2) is 7.10. The summed E-state index contributed by atoms with van der Waals surface area (Å²) in [4.78, 5) is 13.3. The molecule has 2 nitrogen and oxygen atoms in total. The lowest BCUT2D eigenvalue weighted by molar-refractivity contribution is -0.111. The van der Waals surface area contributed by atoms with Gasteiger partial charge in [-0.15, -0.1) is 0 Å². The Morgan fingerprint density at radius 2 is 1.71 bits per heavy atom. The normalized spacial score (nSPS) is 11.7. The average molecular weight is 295 g/mol. The van der Waals surface area contributed by atoms with E-state index < -0.39 is 0 Å². The van der Waals surface area contributed by atoms with Crippen LogP contribution in [0.4, 0.5) is 0 Å². The molecule has 0 amide bonds. The third-order valence-corrected chi connectivity index (χ3v) is 4.60. The molecule has 0 aliphatic heterocycles. The van der Waals surface area contributed by atoms with Crippen LogP contribution >= 0.6 is 11.8 Å². The van der Waals surface area contributed by atoms with Crippen LogP contribution in [0.25, 0.3) is 0 Å². The molecule has 0 aliphatic rings. The maximum absolute atomic E-state index is 12.3. The Bertz CT molecular complexity index is 653. The number of hydrogen-bond acceptors (Lipinski definition) is 3. The van der Waals surface area contributed by atoms with Gasteiger partial charge in [-0.25, -0.2) is 0 Å². The van der Waals surface area contributed by atoms with E-state index in [0.717, 1.165) is 21.6 Å². The van der Waals surface area contributed by atoms with Gasteiger partial charge < -0.3 is 0 Å². The smallest absolute Gasteiger partial charge is 0.195 e. The minimum Gasteiger partial charge on any atom is -0.287 e. The van der Waals surface area contributed by atoms with Gasteiger partial charge in [-0.1, -0.05) is 60.3 Å². The lowest BCUT2D eigenvalue weighted by atomic mass is 9.98. The van der Waals surface area contributed by atoms with E-state index in [4.69, 9.17) is 0 Å². The molecule has 2 aromatic carbocycles. The lowest BCUT2D eigenvalue weighted by Crippen LogP contribution is -2.03. The molecule has 1 atom stereocenters. The van der Waals surface area contributed by atoms with E-state index in [1.165, 1.54) is 11.8 Å². The number of carbonyl (C=O) groups is 1. The van der Waals surface area contributed by atoms with Crippen molar-refractivity contribution in [3.8, 4) is 6.07 Å². The van der Waals surface area contributed by atoms with Crippen LogP contribution in [0.5, 0.6) is 0 Å². The zero-order valence-corrected chi connectivity index (χ0v) is 13.0. The van der Waals surface area contributed by atoms with Crippen molar-refractivity contribution in [2.24, 2.45) is 0 Å². The highest BCUT2D eigenvalue weighted by molar-refractivity contribution is 8.13. The number of nitriles is 1. The van der Waals surface area contributed by atoms with E-state index in [0.29, 0.717) is 0 Å². The van der Waals surface area contributed by atoms with Gasteiger partial charge in [0.2, 0.25) is 0 Å². The SMILES string of the molecule is Cc1cccc(C)c1SC(=O)C[C@@H](C#N)c1ccccc1. The van der Waals surface area contributed by atoms with Crippen LogP contribution in [-0.2, 0) is 4.79 Å². The minimum atomic E-state index is -0.379.